The van der Waals surface area contributed by atoms with Crippen molar-refractivity contribution in [1.29, 1.82) is 0 Å². The minimum Gasteiger partial charge on any atom is -0.394 e. The van der Waals surface area contributed by atoms with Crippen LogP contribution in [-0.2, 0) is 4.74 Å². The molecule has 5 heteroatoms. The van der Waals surface area contributed by atoms with Crippen molar-refractivity contribution in [3.8, 4) is 0 Å². The van der Waals surface area contributed by atoms with Crippen LogP contribution in [0.15, 0.2) is 0 Å². The zero-order valence-electron chi connectivity index (χ0n) is 13.2. The number of carbonyl (C=O) groups is 1. The SMILES string of the molecule is CCCC(C)(CO)NC(=O)NC1C2CCOC2C12CCC2. The third-order valence-electron chi connectivity index (χ3n) is 5.89. The highest BCUT2D eigenvalue weighted by Gasteiger charge is 2.67. The molecule has 1 saturated heterocycles. The second-order valence-corrected chi connectivity index (χ2v) is 7.38. The Bertz CT molecular complexity index is 410. The summed E-state index contributed by atoms with van der Waals surface area (Å²) < 4.78 is 5.87. The Morgan fingerprint density at radius 2 is 2.24 bits per heavy atom. The van der Waals surface area contributed by atoms with Gasteiger partial charge >= 0.3 is 6.03 Å². The van der Waals surface area contributed by atoms with Gasteiger partial charge in [0.1, 0.15) is 0 Å². The van der Waals surface area contributed by atoms with Gasteiger partial charge in [-0.15, -0.1) is 0 Å². The van der Waals surface area contributed by atoms with Crippen LogP contribution in [0.3, 0.4) is 0 Å². The van der Waals surface area contributed by atoms with Crippen LogP contribution in [0.4, 0.5) is 4.79 Å². The first-order chi connectivity index (χ1) is 10.0. The van der Waals surface area contributed by atoms with Crippen molar-refractivity contribution in [2.75, 3.05) is 13.2 Å². The van der Waals surface area contributed by atoms with Gasteiger partial charge in [-0.25, -0.2) is 4.79 Å². The summed E-state index contributed by atoms with van der Waals surface area (Å²) in [6.45, 7) is 4.76. The molecule has 1 spiro atoms. The first kappa shape index (κ1) is 15.1. The lowest BCUT2D eigenvalue weighted by molar-refractivity contribution is -0.172. The molecule has 21 heavy (non-hydrogen) atoms. The van der Waals surface area contributed by atoms with E-state index in [-0.39, 0.29) is 24.1 Å². The maximum atomic E-state index is 12.3. The van der Waals surface area contributed by atoms with Crippen molar-refractivity contribution in [2.45, 2.75) is 70.1 Å². The number of aliphatic hydroxyl groups is 1. The topological polar surface area (TPSA) is 70.6 Å². The van der Waals surface area contributed by atoms with Crippen LogP contribution < -0.4 is 10.6 Å². The number of fused-ring (bicyclic) bond motifs is 2. The summed E-state index contributed by atoms with van der Waals surface area (Å²) in [5.41, 5.74) is -0.320. The molecule has 1 aliphatic heterocycles. The molecule has 4 unspecified atom stereocenters. The number of ether oxygens (including phenoxy) is 1. The second-order valence-electron chi connectivity index (χ2n) is 7.38. The Labute approximate surface area is 126 Å². The van der Waals surface area contributed by atoms with Crippen molar-refractivity contribution in [1.82, 2.24) is 10.6 Å². The van der Waals surface area contributed by atoms with E-state index >= 15 is 0 Å². The highest BCUT2D eigenvalue weighted by Crippen LogP contribution is 2.62. The molecule has 0 radical (unpaired) electrons. The lowest BCUT2D eigenvalue weighted by Gasteiger charge is -2.63. The van der Waals surface area contributed by atoms with E-state index < -0.39 is 5.54 Å². The van der Waals surface area contributed by atoms with E-state index in [1.165, 1.54) is 19.3 Å². The molecule has 2 aliphatic carbocycles. The predicted octanol–water partition coefficient (Wildman–Crippen LogP) is 1.79. The molecular weight excluding hydrogens is 268 g/mol. The Morgan fingerprint density at radius 1 is 1.48 bits per heavy atom. The number of aliphatic hydroxyl groups excluding tert-OH is 1. The Hall–Kier alpha value is -0.810. The number of hydrogen-bond acceptors (Lipinski definition) is 3. The first-order valence-electron chi connectivity index (χ1n) is 8.36. The number of urea groups is 1. The molecule has 0 aromatic rings. The Morgan fingerprint density at radius 3 is 2.81 bits per heavy atom. The van der Waals surface area contributed by atoms with Gasteiger partial charge in [0.2, 0.25) is 0 Å². The molecule has 2 saturated carbocycles. The lowest BCUT2D eigenvalue weighted by atomic mass is 9.46. The minimum atomic E-state index is -0.527. The number of amides is 2. The fraction of sp³-hybridized carbons (Fsp3) is 0.938. The molecule has 5 nitrogen and oxygen atoms in total. The number of rotatable bonds is 5. The van der Waals surface area contributed by atoms with E-state index in [9.17, 15) is 9.90 Å². The van der Waals surface area contributed by atoms with Crippen LogP contribution in [0, 0.1) is 11.3 Å². The molecule has 3 rings (SSSR count). The van der Waals surface area contributed by atoms with Gasteiger partial charge in [-0.05, 0) is 32.6 Å². The van der Waals surface area contributed by atoms with Crippen molar-refractivity contribution < 1.29 is 14.6 Å². The summed E-state index contributed by atoms with van der Waals surface area (Å²) >= 11 is 0. The molecule has 3 fully saturated rings. The van der Waals surface area contributed by atoms with E-state index in [0.29, 0.717) is 12.0 Å². The maximum absolute atomic E-state index is 12.3. The van der Waals surface area contributed by atoms with E-state index in [0.717, 1.165) is 25.9 Å². The number of carbonyl (C=O) groups excluding carboxylic acids is 1. The van der Waals surface area contributed by atoms with Crippen molar-refractivity contribution in [2.24, 2.45) is 11.3 Å². The zero-order valence-corrected chi connectivity index (χ0v) is 13.2. The van der Waals surface area contributed by atoms with Gasteiger partial charge in [-0.3, -0.25) is 0 Å². The highest BCUT2D eigenvalue weighted by atomic mass is 16.5. The highest BCUT2D eigenvalue weighted by molar-refractivity contribution is 5.75. The molecular formula is C16H28N2O3. The van der Waals surface area contributed by atoms with Gasteiger partial charge in [0.05, 0.1) is 18.2 Å². The van der Waals surface area contributed by atoms with Crippen LogP contribution >= 0.6 is 0 Å². The van der Waals surface area contributed by atoms with E-state index in [1.807, 2.05) is 6.92 Å². The summed E-state index contributed by atoms with van der Waals surface area (Å²) in [4.78, 5) is 12.3. The van der Waals surface area contributed by atoms with Crippen molar-refractivity contribution in [3.63, 3.8) is 0 Å². The fourth-order valence-corrected chi connectivity index (χ4v) is 4.64. The van der Waals surface area contributed by atoms with Crippen LogP contribution in [0.1, 0.15) is 52.4 Å². The summed E-state index contributed by atoms with van der Waals surface area (Å²) in [7, 11) is 0. The van der Waals surface area contributed by atoms with Crippen LogP contribution in [-0.4, -0.2) is 42.0 Å². The monoisotopic (exact) mass is 296 g/mol. The fourth-order valence-electron chi connectivity index (χ4n) is 4.64. The average Bonchev–Trinajstić information content (AvgIpc) is 2.80. The third-order valence-corrected chi connectivity index (χ3v) is 5.89. The molecule has 2 amide bonds. The zero-order chi connectivity index (χ0) is 15.1. The predicted molar refractivity (Wildman–Crippen MR) is 80.0 cm³/mol. The molecule has 3 aliphatic rings. The second kappa shape index (κ2) is 5.43. The summed E-state index contributed by atoms with van der Waals surface area (Å²) in [6, 6.07) is 0.116. The van der Waals surface area contributed by atoms with E-state index in [4.69, 9.17) is 4.74 Å². The first-order valence-corrected chi connectivity index (χ1v) is 8.36. The van der Waals surface area contributed by atoms with Crippen molar-refractivity contribution >= 4 is 6.03 Å². The van der Waals surface area contributed by atoms with Gasteiger partial charge in [-0.2, -0.15) is 0 Å². The molecule has 0 aromatic heterocycles. The minimum absolute atomic E-state index is 0.0285. The normalized spacial score (nSPS) is 35.3. The number of hydrogen-bond donors (Lipinski definition) is 3. The molecule has 0 aromatic carbocycles. The largest absolute Gasteiger partial charge is 0.394 e. The summed E-state index contributed by atoms with van der Waals surface area (Å²) in [6.07, 6.45) is 6.73. The number of nitrogens with one attached hydrogen (secondary N) is 2. The molecule has 120 valence electrons. The van der Waals surface area contributed by atoms with Crippen molar-refractivity contribution in [3.05, 3.63) is 0 Å². The van der Waals surface area contributed by atoms with Gasteiger partial charge in [-0.1, -0.05) is 19.8 Å². The van der Waals surface area contributed by atoms with Crippen LogP contribution in [0.25, 0.3) is 0 Å². The van der Waals surface area contributed by atoms with Gasteiger partial charge in [0.15, 0.2) is 0 Å². The van der Waals surface area contributed by atoms with E-state index in [1.54, 1.807) is 0 Å². The van der Waals surface area contributed by atoms with Gasteiger partial charge in [0, 0.05) is 24.0 Å². The standard InChI is InChI=1S/C16H28N2O3/c1-3-6-15(2,10-19)18-14(20)17-12-11-5-9-21-13(11)16(12)7-4-8-16/h11-13,19H,3-10H2,1-2H3,(H2,17,18,20). The van der Waals surface area contributed by atoms with Gasteiger partial charge < -0.3 is 20.5 Å². The van der Waals surface area contributed by atoms with Crippen LogP contribution in [0.5, 0.6) is 0 Å². The Balaban J connectivity index is 1.60. The molecule has 0 bridgehead atoms. The quantitative estimate of drug-likeness (QED) is 0.724. The van der Waals surface area contributed by atoms with E-state index in [2.05, 4.69) is 17.6 Å². The lowest BCUT2D eigenvalue weighted by Crippen LogP contribution is -2.73. The maximum Gasteiger partial charge on any atom is 0.315 e. The molecule has 4 atom stereocenters. The average molecular weight is 296 g/mol. The molecule has 1 heterocycles. The smallest absolute Gasteiger partial charge is 0.315 e. The van der Waals surface area contributed by atoms with Crippen LogP contribution in [0.2, 0.25) is 0 Å². The Kier molecular flexibility index (Phi) is 3.91. The molecule has 3 N–H and O–H groups in total. The van der Waals surface area contributed by atoms with Gasteiger partial charge in [0.25, 0.3) is 0 Å². The summed E-state index contributed by atoms with van der Waals surface area (Å²) in [5.74, 6) is 0.489. The third kappa shape index (κ3) is 2.34. The summed E-state index contributed by atoms with van der Waals surface area (Å²) in [5, 5.41) is 15.7.